The summed E-state index contributed by atoms with van der Waals surface area (Å²) in [5, 5.41) is 13.9. The molecule has 0 aromatic heterocycles. The Morgan fingerprint density at radius 3 is 2.42 bits per heavy atom. The fourth-order valence-electron chi connectivity index (χ4n) is 4.86. The van der Waals surface area contributed by atoms with Gasteiger partial charge in [-0.25, -0.2) is 0 Å². The zero-order valence-electron chi connectivity index (χ0n) is 18.8. The second-order valence-corrected chi connectivity index (χ2v) is 11.1. The van der Waals surface area contributed by atoms with Gasteiger partial charge in [0.05, 0.1) is 15.6 Å². The Morgan fingerprint density at radius 1 is 1.19 bits per heavy atom. The van der Waals surface area contributed by atoms with Crippen molar-refractivity contribution in [1.29, 1.82) is 0 Å². The molecule has 0 radical (unpaired) electrons. The molecule has 2 aromatic carbocycles. The maximum atomic E-state index is 13.0. The van der Waals surface area contributed by atoms with Gasteiger partial charge in [0.2, 0.25) is 0 Å². The largest absolute Gasteiger partial charge is 0.455 e. The first kappa shape index (κ1) is 24.2. The molecule has 0 amide bonds. The molecule has 1 saturated heterocycles. The number of hydrogen-bond acceptors (Lipinski definition) is 4. The quantitative estimate of drug-likeness (QED) is 0.409. The van der Waals surface area contributed by atoms with Crippen LogP contribution in [0.25, 0.3) is 0 Å². The van der Waals surface area contributed by atoms with Crippen LogP contribution in [0, 0.1) is 5.92 Å². The first-order chi connectivity index (χ1) is 14.4. The first-order valence-corrected chi connectivity index (χ1v) is 11.8. The lowest BCUT2D eigenvalue weighted by Gasteiger charge is -2.46. The minimum atomic E-state index is -0.627. The van der Waals surface area contributed by atoms with Crippen LogP contribution in [0.5, 0.6) is 11.5 Å². The monoisotopic (exact) mass is 507 g/mol. The Hall–Kier alpha value is -1.40. The molecule has 1 fully saturated rings. The van der Waals surface area contributed by atoms with E-state index in [0.717, 1.165) is 18.4 Å². The third-order valence-electron chi connectivity index (χ3n) is 5.67. The fourth-order valence-corrected chi connectivity index (χ4v) is 5.76. The lowest BCUT2D eigenvalue weighted by atomic mass is 9.74. The molecule has 1 aliphatic rings. The number of aliphatic hydroxyl groups excluding tert-OH is 1. The molecule has 3 rings (SSSR count). The van der Waals surface area contributed by atoms with Gasteiger partial charge in [-0.1, -0.05) is 23.7 Å². The Labute approximate surface area is 198 Å². The van der Waals surface area contributed by atoms with Gasteiger partial charge in [0.1, 0.15) is 11.5 Å². The van der Waals surface area contributed by atoms with Crippen molar-refractivity contribution >= 4 is 33.3 Å². The standard InChI is InChI=1S/C25H31BrClNO3/c1-15(29)18-7-6-8-22(23(18)26)31-21-10-9-17(12-19(21)27)20(30)11-16-13-24(2,3)28-25(4,5)14-16/h6-10,12,15-16,28-29H,11,13-14H2,1-5H3. The lowest BCUT2D eigenvalue weighted by molar-refractivity contribution is 0.0864. The highest BCUT2D eigenvalue weighted by molar-refractivity contribution is 9.10. The average molecular weight is 509 g/mol. The number of aliphatic hydroxyl groups is 1. The van der Waals surface area contributed by atoms with Crippen LogP contribution in [0.2, 0.25) is 5.02 Å². The van der Waals surface area contributed by atoms with Crippen molar-refractivity contribution in [3.8, 4) is 11.5 Å². The Balaban J connectivity index is 1.74. The molecule has 0 saturated carbocycles. The van der Waals surface area contributed by atoms with Crippen LogP contribution in [0.15, 0.2) is 40.9 Å². The molecule has 0 bridgehead atoms. The lowest BCUT2D eigenvalue weighted by Crippen LogP contribution is -2.57. The molecular formula is C25H31BrClNO3. The smallest absolute Gasteiger partial charge is 0.163 e. The number of Topliss-reactive ketones (excluding diaryl/α,β-unsaturated/α-hetero) is 1. The number of benzene rings is 2. The van der Waals surface area contributed by atoms with Gasteiger partial charge in [0.25, 0.3) is 0 Å². The summed E-state index contributed by atoms with van der Waals surface area (Å²) in [7, 11) is 0. The van der Waals surface area contributed by atoms with E-state index in [1.807, 2.05) is 12.1 Å². The minimum absolute atomic E-state index is 0.00995. The fraction of sp³-hybridized carbons (Fsp3) is 0.480. The summed E-state index contributed by atoms with van der Waals surface area (Å²) in [6, 6.07) is 10.6. The first-order valence-electron chi connectivity index (χ1n) is 10.6. The minimum Gasteiger partial charge on any atom is -0.455 e. The maximum Gasteiger partial charge on any atom is 0.163 e. The number of carbonyl (C=O) groups excluding carboxylic acids is 1. The molecule has 4 nitrogen and oxygen atoms in total. The molecule has 2 N–H and O–H groups in total. The van der Waals surface area contributed by atoms with E-state index < -0.39 is 6.10 Å². The summed E-state index contributed by atoms with van der Waals surface area (Å²) in [6.07, 6.45) is 1.81. The third-order valence-corrected chi connectivity index (χ3v) is 6.81. The average Bonchev–Trinajstić information content (AvgIpc) is 2.61. The van der Waals surface area contributed by atoms with Crippen molar-refractivity contribution in [3.05, 3.63) is 57.0 Å². The molecule has 0 spiro atoms. The predicted octanol–water partition coefficient (Wildman–Crippen LogP) is 7.08. The van der Waals surface area contributed by atoms with E-state index in [1.165, 1.54) is 0 Å². The molecule has 1 aliphatic heterocycles. The van der Waals surface area contributed by atoms with E-state index in [1.54, 1.807) is 31.2 Å². The summed E-state index contributed by atoms with van der Waals surface area (Å²) in [6.45, 7) is 10.5. The highest BCUT2D eigenvalue weighted by Gasteiger charge is 2.38. The van der Waals surface area contributed by atoms with Crippen molar-refractivity contribution in [2.75, 3.05) is 0 Å². The van der Waals surface area contributed by atoms with Gasteiger partial charge in [0.15, 0.2) is 5.78 Å². The number of nitrogens with one attached hydrogen (secondary N) is 1. The van der Waals surface area contributed by atoms with Gasteiger partial charge in [-0.2, -0.15) is 0 Å². The van der Waals surface area contributed by atoms with E-state index in [0.29, 0.717) is 38.9 Å². The van der Waals surface area contributed by atoms with Gasteiger partial charge in [0, 0.05) is 23.1 Å². The molecule has 1 heterocycles. The van der Waals surface area contributed by atoms with E-state index in [4.69, 9.17) is 16.3 Å². The molecule has 168 valence electrons. The van der Waals surface area contributed by atoms with Crippen LogP contribution in [-0.4, -0.2) is 22.0 Å². The zero-order chi connectivity index (χ0) is 23.0. The highest BCUT2D eigenvalue weighted by atomic mass is 79.9. The van der Waals surface area contributed by atoms with E-state index >= 15 is 0 Å². The Morgan fingerprint density at radius 2 is 1.84 bits per heavy atom. The third kappa shape index (κ3) is 6.10. The number of ether oxygens (including phenoxy) is 1. The molecule has 6 heteroatoms. The molecule has 0 aliphatic carbocycles. The maximum absolute atomic E-state index is 13.0. The molecule has 1 unspecified atom stereocenters. The van der Waals surface area contributed by atoms with Crippen LogP contribution in [0.4, 0.5) is 0 Å². The van der Waals surface area contributed by atoms with Crippen molar-refractivity contribution in [1.82, 2.24) is 5.32 Å². The number of piperidine rings is 1. The Bertz CT molecular complexity index is 955. The summed E-state index contributed by atoms with van der Waals surface area (Å²) >= 11 is 9.95. The molecule has 31 heavy (non-hydrogen) atoms. The van der Waals surface area contributed by atoms with E-state index in [-0.39, 0.29) is 16.9 Å². The summed E-state index contributed by atoms with van der Waals surface area (Å²) in [5.41, 5.74) is 1.35. The van der Waals surface area contributed by atoms with Crippen molar-refractivity contribution in [3.63, 3.8) is 0 Å². The number of rotatable bonds is 6. The predicted molar refractivity (Wildman–Crippen MR) is 129 cm³/mol. The van der Waals surface area contributed by atoms with Gasteiger partial charge in [-0.15, -0.1) is 0 Å². The second kappa shape index (κ2) is 9.22. The van der Waals surface area contributed by atoms with Gasteiger partial charge >= 0.3 is 0 Å². The van der Waals surface area contributed by atoms with Crippen LogP contribution >= 0.6 is 27.5 Å². The van der Waals surface area contributed by atoms with Gasteiger partial charge in [-0.3, -0.25) is 4.79 Å². The van der Waals surface area contributed by atoms with Crippen molar-refractivity contribution < 1.29 is 14.6 Å². The van der Waals surface area contributed by atoms with Gasteiger partial charge in [-0.05, 0) is 99.1 Å². The number of carbonyl (C=O) groups is 1. The van der Waals surface area contributed by atoms with E-state index in [2.05, 4.69) is 48.9 Å². The number of hydrogen-bond donors (Lipinski definition) is 2. The summed E-state index contributed by atoms with van der Waals surface area (Å²) < 4.78 is 6.64. The molecule has 1 atom stereocenters. The van der Waals surface area contributed by atoms with Crippen molar-refractivity contribution in [2.24, 2.45) is 5.92 Å². The SMILES string of the molecule is CC(O)c1cccc(Oc2ccc(C(=O)CC3CC(C)(C)NC(C)(C)C3)cc2Cl)c1Br. The topological polar surface area (TPSA) is 58.6 Å². The van der Waals surface area contributed by atoms with Crippen LogP contribution < -0.4 is 10.1 Å². The van der Waals surface area contributed by atoms with Crippen LogP contribution in [0.3, 0.4) is 0 Å². The molecular weight excluding hydrogens is 478 g/mol. The summed E-state index contributed by atoms with van der Waals surface area (Å²) in [4.78, 5) is 13.0. The zero-order valence-corrected chi connectivity index (χ0v) is 21.1. The van der Waals surface area contributed by atoms with E-state index in [9.17, 15) is 9.90 Å². The number of halogens is 2. The van der Waals surface area contributed by atoms with Crippen LogP contribution in [-0.2, 0) is 0 Å². The highest BCUT2D eigenvalue weighted by Crippen LogP contribution is 2.39. The van der Waals surface area contributed by atoms with Crippen LogP contribution in [0.1, 0.15) is 75.9 Å². The summed E-state index contributed by atoms with van der Waals surface area (Å²) in [5.74, 6) is 1.45. The molecule has 2 aromatic rings. The second-order valence-electron chi connectivity index (χ2n) is 9.88. The Kier molecular flexibility index (Phi) is 7.21. The van der Waals surface area contributed by atoms with Gasteiger partial charge < -0.3 is 15.2 Å². The van der Waals surface area contributed by atoms with Crippen molar-refractivity contribution in [2.45, 2.75) is 71.1 Å². The normalized spacial score (nSPS) is 19.1. The number of ketones is 1.